The summed E-state index contributed by atoms with van der Waals surface area (Å²) in [5, 5.41) is 8.81. The van der Waals surface area contributed by atoms with Gasteiger partial charge in [-0.2, -0.15) is 4.31 Å². The number of rotatable bonds is 4. The van der Waals surface area contributed by atoms with E-state index in [-0.39, 0.29) is 12.5 Å². The van der Waals surface area contributed by atoms with Crippen LogP contribution in [-0.2, 0) is 19.6 Å². The Kier molecular flexibility index (Phi) is 4.27. The van der Waals surface area contributed by atoms with Crippen LogP contribution in [0.5, 0.6) is 0 Å². The van der Waals surface area contributed by atoms with E-state index >= 15 is 0 Å². The molecule has 0 aromatic carbocycles. The lowest BCUT2D eigenvalue weighted by atomic mass is 9.87. The number of piperidine rings is 1. The van der Waals surface area contributed by atoms with Crippen molar-refractivity contribution < 1.29 is 23.1 Å². The minimum atomic E-state index is -3.90. The van der Waals surface area contributed by atoms with E-state index < -0.39 is 33.3 Å². The number of carboxylic acids is 1. The Labute approximate surface area is 123 Å². The topological polar surface area (TPSA) is 121 Å². The maximum absolute atomic E-state index is 12.5. The van der Waals surface area contributed by atoms with E-state index in [1.165, 1.54) is 9.21 Å². The molecule has 1 unspecified atom stereocenters. The molecule has 2 atom stereocenters. The highest BCUT2D eigenvalue weighted by atomic mass is 32.2. The zero-order valence-corrected chi connectivity index (χ0v) is 12.8. The summed E-state index contributed by atoms with van der Waals surface area (Å²) in [6, 6.07) is -1.48. The highest BCUT2D eigenvalue weighted by molar-refractivity contribution is 7.89. The predicted molar refractivity (Wildman–Crippen MR) is 74.9 cm³/mol. The fraction of sp³-hybridized carbons (Fsp3) is 0.833. The standard InChI is InChI=1S/C12H21N3O5S/c1-14-7-5-12(11(14)18)4-2-3-6-15(12)21(19,20)8-9(13)10(16)17/h9H,2-8,13H2,1H3,(H,16,17)/t9-,12?/m0/s1. The molecule has 0 radical (unpaired) electrons. The highest BCUT2D eigenvalue weighted by Crippen LogP contribution is 2.39. The third-order valence-corrected chi connectivity index (χ3v) is 6.31. The summed E-state index contributed by atoms with van der Waals surface area (Å²) in [4.78, 5) is 24.8. The van der Waals surface area contributed by atoms with Crippen LogP contribution in [0.4, 0.5) is 0 Å². The number of sulfonamides is 1. The van der Waals surface area contributed by atoms with Crippen LogP contribution in [0.15, 0.2) is 0 Å². The van der Waals surface area contributed by atoms with Gasteiger partial charge in [-0.05, 0) is 25.7 Å². The van der Waals surface area contributed by atoms with Crippen molar-refractivity contribution >= 4 is 21.9 Å². The van der Waals surface area contributed by atoms with E-state index in [2.05, 4.69) is 0 Å². The van der Waals surface area contributed by atoms with Crippen LogP contribution in [0.25, 0.3) is 0 Å². The number of carboxylic acid groups (broad SMARTS) is 1. The summed E-state index contributed by atoms with van der Waals surface area (Å²) in [6.45, 7) is 0.754. The second kappa shape index (κ2) is 5.54. The van der Waals surface area contributed by atoms with Crippen LogP contribution in [-0.4, -0.2) is 72.1 Å². The number of nitrogens with zero attached hydrogens (tertiary/aromatic N) is 2. The minimum absolute atomic E-state index is 0.199. The van der Waals surface area contributed by atoms with Gasteiger partial charge in [0.25, 0.3) is 0 Å². The van der Waals surface area contributed by atoms with E-state index in [0.29, 0.717) is 25.8 Å². The SMILES string of the molecule is CN1CCC2(CCCCN2S(=O)(=O)C[C@H](N)C(=O)O)C1=O. The number of amides is 1. The molecule has 0 aromatic rings. The van der Waals surface area contributed by atoms with Gasteiger partial charge in [0.1, 0.15) is 11.6 Å². The summed E-state index contributed by atoms with van der Waals surface area (Å²) >= 11 is 0. The Bertz CT molecular complexity index is 545. The lowest BCUT2D eigenvalue weighted by Crippen LogP contribution is -2.60. The van der Waals surface area contributed by atoms with Gasteiger partial charge in [-0.3, -0.25) is 9.59 Å². The summed E-state index contributed by atoms with van der Waals surface area (Å²) in [7, 11) is -2.24. The largest absolute Gasteiger partial charge is 0.480 e. The zero-order chi connectivity index (χ0) is 15.8. The monoisotopic (exact) mass is 319 g/mol. The molecule has 120 valence electrons. The fourth-order valence-corrected chi connectivity index (χ4v) is 5.16. The van der Waals surface area contributed by atoms with Gasteiger partial charge >= 0.3 is 5.97 Å². The van der Waals surface area contributed by atoms with Gasteiger partial charge < -0.3 is 15.7 Å². The van der Waals surface area contributed by atoms with Crippen molar-refractivity contribution in [3.05, 3.63) is 0 Å². The van der Waals surface area contributed by atoms with Crippen molar-refractivity contribution in [2.24, 2.45) is 5.73 Å². The first-order valence-corrected chi connectivity index (χ1v) is 8.56. The molecule has 2 aliphatic heterocycles. The van der Waals surface area contributed by atoms with Gasteiger partial charge in [-0.15, -0.1) is 0 Å². The molecular formula is C12H21N3O5S. The maximum atomic E-state index is 12.5. The lowest BCUT2D eigenvalue weighted by Gasteiger charge is -2.42. The first-order chi connectivity index (χ1) is 9.70. The van der Waals surface area contributed by atoms with Crippen LogP contribution in [0.2, 0.25) is 0 Å². The molecule has 21 heavy (non-hydrogen) atoms. The molecule has 0 aromatic heterocycles. The number of carbonyl (C=O) groups is 2. The van der Waals surface area contributed by atoms with E-state index in [1.54, 1.807) is 7.05 Å². The van der Waals surface area contributed by atoms with Gasteiger partial charge in [-0.1, -0.05) is 0 Å². The molecule has 2 rings (SSSR count). The molecule has 1 spiro atoms. The Morgan fingerprint density at radius 2 is 2.05 bits per heavy atom. The van der Waals surface area contributed by atoms with Gasteiger partial charge in [-0.25, -0.2) is 8.42 Å². The Morgan fingerprint density at radius 3 is 2.57 bits per heavy atom. The molecule has 3 N–H and O–H groups in total. The average molecular weight is 319 g/mol. The Balaban J connectivity index is 2.31. The van der Waals surface area contributed by atoms with Gasteiger partial charge in [0.2, 0.25) is 15.9 Å². The quantitative estimate of drug-likeness (QED) is 0.672. The number of carbonyl (C=O) groups excluding carboxylic acids is 1. The van der Waals surface area contributed by atoms with Crippen molar-refractivity contribution in [3.8, 4) is 0 Å². The molecular weight excluding hydrogens is 298 g/mol. The van der Waals surface area contributed by atoms with Crippen LogP contribution >= 0.6 is 0 Å². The van der Waals surface area contributed by atoms with Crippen LogP contribution in [0.3, 0.4) is 0 Å². The van der Waals surface area contributed by atoms with Gasteiger partial charge in [0.15, 0.2) is 0 Å². The summed E-state index contributed by atoms with van der Waals surface area (Å²) in [6.07, 6.45) is 2.39. The second-order valence-electron chi connectivity index (χ2n) is 5.76. The van der Waals surface area contributed by atoms with Crippen molar-refractivity contribution in [2.75, 3.05) is 25.9 Å². The lowest BCUT2D eigenvalue weighted by molar-refractivity contribution is -0.138. The van der Waals surface area contributed by atoms with Crippen molar-refractivity contribution in [2.45, 2.75) is 37.3 Å². The van der Waals surface area contributed by atoms with E-state index in [0.717, 1.165) is 6.42 Å². The van der Waals surface area contributed by atoms with Crippen LogP contribution < -0.4 is 5.73 Å². The zero-order valence-electron chi connectivity index (χ0n) is 12.0. The number of nitrogens with two attached hydrogens (primary N) is 1. The summed E-state index contributed by atoms with van der Waals surface area (Å²) < 4.78 is 26.3. The average Bonchev–Trinajstić information content (AvgIpc) is 2.68. The molecule has 1 amide bonds. The number of likely N-dealkylation sites (tertiary alicyclic amines) is 1. The number of aliphatic carboxylic acids is 1. The normalized spacial score (nSPS) is 29.0. The number of hydrogen-bond donors (Lipinski definition) is 2. The molecule has 0 aliphatic carbocycles. The second-order valence-corrected chi connectivity index (χ2v) is 7.70. The third kappa shape index (κ3) is 2.77. The molecule has 8 nitrogen and oxygen atoms in total. The molecule has 0 saturated carbocycles. The van der Waals surface area contributed by atoms with Crippen LogP contribution in [0.1, 0.15) is 25.7 Å². The van der Waals surface area contributed by atoms with Crippen LogP contribution in [0, 0.1) is 0 Å². The van der Waals surface area contributed by atoms with E-state index in [9.17, 15) is 18.0 Å². The van der Waals surface area contributed by atoms with Gasteiger partial charge in [0, 0.05) is 20.1 Å². The van der Waals surface area contributed by atoms with Gasteiger partial charge in [0.05, 0.1) is 5.75 Å². The number of hydrogen-bond acceptors (Lipinski definition) is 5. The van der Waals surface area contributed by atoms with Crippen molar-refractivity contribution in [1.29, 1.82) is 0 Å². The predicted octanol–water partition coefficient (Wildman–Crippen LogP) is -1.19. The molecule has 9 heteroatoms. The minimum Gasteiger partial charge on any atom is -0.480 e. The smallest absolute Gasteiger partial charge is 0.321 e. The molecule has 2 heterocycles. The van der Waals surface area contributed by atoms with E-state index in [4.69, 9.17) is 10.8 Å². The first-order valence-electron chi connectivity index (χ1n) is 6.95. The molecule has 2 aliphatic rings. The molecule has 2 saturated heterocycles. The Morgan fingerprint density at radius 1 is 1.38 bits per heavy atom. The fourth-order valence-electron chi connectivity index (χ4n) is 3.18. The summed E-state index contributed by atoms with van der Waals surface area (Å²) in [5.41, 5.74) is 4.32. The number of likely N-dealkylation sites (N-methyl/N-ethyl adjacent to an activating group) is 1. The van der Waals surface area contributed by atoms with Crippen molar-refractivity contribution in [3.63, 3.8) is 0 Å². The first kappa shape index (κ1) is 16.2. The third-order valence-electron chi connectivity index (χ3n) is 4.33. The van der Waals surface area contributed by atoms with E-state index in [1.807, 2.05) is 0 Å². The highest BCUT2D eigenvalue weighted by Gasteiger charge is 2.54. The molecule has 0 bridgehead atoms. The molecule has 2 fully saturated rings. The summed E-state index contributed by atoms with van der Waals surface area (Å²) in [5.74, 6) is -2.24. The Hall–Kier alpha value is -1.19. The maximum Gasteiger partial charge on any atom is 0.321 e. The van der Waals surface area contributed by atoms with Crippen molar-refractivity contribution in [1.82, 2.24) is 9.21 Å².